The minimum absolute atomic E-state index is 0.109. The summed E-state index contributed by atoms with van der Waals surface area (Å²) in [5.74, 6) is -0.0776. The number of thiophene rings is 1. The molecule has 28 heavy (non-hydrogen) atoms. The molecule has 0 saturated carbocycles. The van der Waals surface area contributed by atoms with E-state index >= 15 is 0 Å². The number of amides is 2. The molecule has 0 bridgehead atoms. The van der Waals surface area contributed by atoms with E-state index in [1.165, 1.54) is 22.5 Å². The summed E-state index contributed by atoms with van der Waals surface area (Å²) in [6.07, 6.45) is 0. The molecular weight excluding hydrogens is 372 g/mol. The number of anilines is 1. The van der Waals surface area contributed by atoms with Gasteiger partial charge < -0.3 is 11.1 Å². The summed E-state index contributed by atoms with van der Waals surface area (Å²) < 4.78 is 0. The van der Waals surface area contributed by atoms with Crippen molar-refractivity contribution in [3.05, 3.63) is 52.4 Å². The van der Waals surface area contributed by atoms with Crippen LogP contribution >= 0.6 is 11.3 Å². The number of carbonyl (C=O) groups is 2. The average molecular weight is 401 g/mol. The van der Waals surface area contributed by atoms with Gasteiger partial charge in [-0.1, -0.05) is 38.1 Å². The lowest BCUT2D eigenvalue weighted by atomic mass is 10.0. The Balaban J connectivity index is 1.44. The van der Waals surface area contributed by atoms with Crippen molar-refractivity contribution in [3.63, 3.8) is 0 Å². The summed E-state index contributed by atoms with van der Waals surface area (Å²) in [7, 11) is 0. The Morgan fingerprint density at radius 3 is 2.32 bits per heavy atom. The van der Waals surface area contributed by atoms with Crippen LogP contribution in [0.1, 0.15) is 41.3 Å². The molecule has 3 N–H and O–H groups in total. The number of nitrogens with two attached hydrogens (primary N) is 1. The van der Waals surface area contributed by atoms with Crippen molar-refractivity contribution in [2.24, 2.45) is 5.73 Å². The van der Waals surface area contributed by atoms with E-state index in [2.05, 4.69) is 53.2 Å². The maximum atomic E-state index is 12.3. The van der Waals surface area contributed by atoms with Crippen molar-refractivity contribution in [2.75, 3.05) is 38.0 Å². The Morgan fingerprint density at radius 2 is 1.71 bits per heavy atom. The number of rotatable bonds is 7. The van der Waals surface area contributed by atoms with E-state index < -0.39 is 5.91 Å². The highest BCUT2D eigenvalue weighted by Crippen LogP contribution is 2.22. The zero-order valence-corrected chi connectivity index (χ0v) is 17.3. The molecule has 1 aliphatic rings. The topological polar surface area (TPSA) is 78.7 Å². The lowest BCUT2D eigenvalue weighted by molar-refractivity contribution is -0.117. The molecule has 0 spiro atoms. The Kier molecular flexibility index (Phi) is 6.83. The molecule has 6 nitrogen and oxygen atoms in total. The maximum absolute atomic E-state index is 12.3. The zero-order valence-electron chi connectivity index (χ0n) is 16.5. The molecule has 0 unspecified atom stereocenters. The fraction of sp³-hybridized carbons (Fsp3) is 0.429. The third-order valence-corrected chi connectivity index (χ3v) is 5.90. The molecule has 1 fully saturated rings. The van der Waals surface area contributed by atoms with E-state index in [4.69, 9.17) is 5.73 Å². The maximum Gasteiger partial charge on any atom is 0.251 e. The summed E-state index contributed by atoms with van der Waals surface area (Å²) in [4.78, 5) is 28.2. The van der Waals surface area contributed by atoms with Crippen molar-refractivity contribution in [1.29, 1.82) is 0 Å². The van der Waals surface area contributed by atoms with Gasteiger partial charge in [-0.2, -0.15) is 0 Å². The molecule has 1 aromatic carbocycles. The van der Waals surface area contributed by atoms with Gasteiger partial charge in [-0.3, -0.25) is 19.4 Å². The molecule has 7 heteroatoms. The number of hydrogen-bond donors (Lipinski definition) is 2. The number of carbonyl (C=O) groups excluding carboxylic acids is 2. The van der Waals surface area contributed by atoms with E-state index in [0.717, 1.165) is 32.7 Å². The zero-order chi connectivity index (χ0) is 20.1. The molecule has 0 radical (unpaired) electrons. The van der Waals surface area contributed by atoms with E-state index in [-0.39, 0.29) is 5.91 Å². The fourth-order valence-corrected chi connectivity index (χ4v) is 4.15. The Morgan fingerprint density at radius 1 is 1.07 bits per heavy atom. The summed E-state index contributed by atoms with van der Waals surface area (Å²) in [6.45, 7) is 9.25. The van der Waals surface area contributed by atoms with Gasteiger partial charge in [0.15, 0.2) is 0 Å². The average Bonchev–Trinajstić information content (AvgIpc) is 3.12. The summed E-state index contributed by atoms with van der Waals surface area (Å²) in [5, 5.41) is 5.09. The van der Waals surface area contributed by atoms with Crippen LogP contribution in [0.2, 0.25) is 0 Å². The van der Waals surface area contributed by atoms with Gasteiger partial charge >= 0.3 is 0 Å². The normalized spacial score (nSPS) is 15.7. The van der Waals surface area contributed by atoms with Crippen molar-refractivity contribution in [3.8, 4) is 0 Å². The van der Waals surface area contributed by atoms with Gasteiger partial charge in [-0.25, -0.2) is 0 Å². The molecular formula is C21H28N4O2S. The SMILES string of the molecule is CC(C)c1ccc(CN2CCN(CC(=O)Nc3sccc3C(N)=O)CC2)cc1. The molecule has 2 amide bonds. The van der Waals surface area contributed by atoms with Gasteiger partial charge in [0.25, 0.3) is 5.91 Å². The molecule has 3 rings (SSSR count). The van der Waals surface area contributed by atoms with Crippen molar-refractivity contribution >= 4 is 28.2 Å². The monoisotopic (exact) mass is 400 g/mol. The van der Waals surface area contributed by atoms with E-state index in [9.17, 15) is 9.59 Å². The van der Waals surface area contributed by atoms with Crippen LogP contribution in [0.25, 0.3) is 0 Å². The van der Waals surface area contributed by atoms with Gasteiger partial charge in [0, 0.05) is 32.7 Å². The van der Waals surface area contributed by atoms with Crippen LogP contribution in [-0.2, 0) is 11.3 Å². The number of benzene rings is 1. The van der Waals surface area contributed by atoms with Gasteiger partial charge in [0.1, 0.15) is 5.00 Å². The van der Waals surface area contributed by atoms with Crippen molar-refractivity contribution < 1.29 is 9.59 Å². The van der Waals surface area contributed by atoms with Crippen molar-refractivity contribution in [1.82, 2.24) is 9.80 Å². The summed E-state index contributed by atoms with van der Waals surface area (Å²) in [6, 6.07) is 10.5. The van der Waals surface area contributed by atoms with Crippen LogP contribution in [0, 0.1) is 0 Å². The lowest BCUT2D eigenvalue weighted by Gasteiger charge is -2.34. The number of piperazine rings is 1. The molecule has 2 aromatic rings. The van der Waals surface area contributed by atoms with E-state index in [1.54, 1.807) is 11.4 Å². The standard InChI is InChI=1S/C21H28N4O2S/c1-15(2)17-5-3-16(4-6-17)13-24-8-10-25(11-9-24)14-19(26)23-21-18(20(22)27)7-12-28-21/h3-7,12,15H,8-11,13-14H2,1-2H3,(H2,22,27)(H,23,26). The first kappa shape index (κ1) is 20.5. The first-order chi connectivity index (χ1) is 13.4. The molecule has 0 atom stereocenters. The number of nitrogens with one attached hydrogen (secondary N) is 1. The number of primary amides is 1. The van der Waals surface area contributed by atoms with Crippen LogP contribution in [0.15, 0.2) is 35.7 Å². The lowest BCUT2D eigenvalue weighted by Crippen LogP contribution is -2.48. The molecule has 150 valence electrons. The second-order valence-electron chi connectivity index (χ2n) is 7.52. The highest BCUT2D eigenvalue weighted by molar-refractivity contribution is 7.14. The molecule has 1 saturated heterocycles. The first-order valence-corrected chi connectivity index (χ1v) is 10.5. The van der Waals surface area contributed by atoms with Gasteiger partial charge in [0.05, 0.1) is 12.1 Å². The van der Waals surface area contributed by atoms with E-state index in [1.807, 2.05) is 0 Å². The minimum atomic E-state index is -0.522. The number of nitrogens with zero attached hydrogens (tertiary/aromatic N) is 2. The largest absolute Gasteiger partial charge is 0.366 e. The molecule has 0 aliphatic carbocycles. The predicted molar refractivity (Wildman–Crippen MR) is 114 cm³/mol. The van der Waals surface area contributed by atoms with Crippen LogP contribution in [0.4, 0.5) is 5.00 Å². The Labute approximate surface area is 170 Å². The summed E-state index contributed by atoms with van der Waals surface area (Å²) >= 11 is 1.31. The fourth-order valence-electron chi connectivity index (χ4n) is 3.34. The molecule has 1 aliphatic heterocycles. The van der Waals surface area contributed by atoms with Crippen molar-refractivity contribution in [2.45, 2.75) is 26.3 Å². The van der Waals surface area contributed by atoms with Crippen LogP contribution in [0.5, 0.6) is 0 Å². The van der Waals surface area contributed by atoms with Crippen LogP contribution in [0.3, 0.4) is 0 Å². The van der Waals surface area contributed by atoms with Gasteiger partial charge in [-0.15, -0.1) is 11.3 Å². The highest BCUT2D eigenvalue weighted by atomic mass is 32.1. The smallest absolute Gasteiger partial charge is 0.251 e. The van der Waals surface area contributed by atoms with E-state index in [0.29, 0.717) is 23.0 Å². The second-order valence-corrected chi connectivity index (χ2v) is 8.44. The quantitative estimate of drug-likeness (QED) is 0.749. The van der Waals surface area contributed by atoms with Crippen LogP contribution in [-0.4, -0.2) is 54.3 Å². The summed E-state index contributed by atoms with van der Waals surface area (Å²) in [5.41, 5.74) is 8.38. The van der Waals surface area contributed by atoms with Crippen LogP contribution < -0.4 is 11.1 Å². The molecule has 2 heterocycles. The first-order valence-electron chi connectivity index (χ1n) is 9.63. The predicted octanol–water partition coefficient (Wildman–Crippen LogP) is 2.73. The minimum Gasteiger partial charge on any atom is -0.366 e. The Hall–Kier alpha value is -2.22. The highest BCUT2D eigenvalue weighted by Gasteiger charge is 2.20. The van der Waals surface area contributed by atoms with Gasteiger partial charge in [0.2, 0.25) is 5.91 Å². The third-order valence-electron chi connectivity index (χ3n) is 5.07. The number of hydrogen-bond acceptors (Lipinski definition) is 5. The third kappa shape index (κ3) is 5.41. The molecule has 1 aromatic heterocycles. The second kappa shape index (κ2) is 9.32. The van der Waals surface area contributed by atoms with Gasteiger partial charge in [-0.05, 0) is 28.5 Å². The Bertz CT molecular complexity index is 808.